The number of hydrogen-bond donors (Lipinski definition) is 1. The second kappa shape index (κ2) is 5.57. The van der Waals surface area contributed by atoms with Gasteiger partial charge in [0, 0.05) is 0 Å². The predicted molar refractivity (Wildman–Crippen MR) is 96.5 cm³/mol. The van der Waals surface area contributed by atoms with Crippen molar-refractivity contribution in [3.63, 3.8) is 0 Å². The minimum Gasteiger partial charge on any atom is -0.323 e. The summed E-state index contributed by atoms with van der Waals surface area (Å²) >= 11 is 12.0. The number of imide groups is 1. The molecule has 5 aliphatic rings. The maximum Gasteiger partial charge on any atom is 0.244 e. The van der Waals surface area contributed by atoms with Crippen LogP contribution >= 0.6 is 23.2 Å². The Bertz CT molecular complexity index is 848. The second-order valence-electron chi connectivity index (χ2n) is 7.57. The van der Waals surface area contributed by atoms with Crippen molar-refractivity contribution in [1.29, 1.82) is 0 Å². The van der Waals surface area contributed by atoms with Gasteiger partial charge < -0.3 is 5.32 Å². The van der Waals surface area contributed by atoms with Gasteiger partial charge in [-0.25, -0.2) is 0 Å². The van der Waals surface area contributed by atoms with Crippen LogP contribution in [0.5, 0.6) is 0 Å². The minimum atomic E-state index is -0.458. The summed E-state index contributed by atoms with van der Waals surface area (Å²) in [6.07, 6.45) is 5.34. The largest absolute Gasteiger partial charge is 0.323 e. The first-order chi connectivity index (χ1) is 12.5. The van der Waals surface area contributed by atoms with Crippen LogP contribution in [0, 0.1) is 35.5 Å². The average Bonchev–Trinajstić information content (AvgIpc) is 3.40. The van der Waals surface area contributed by atoms with E-state index in [0.717, 1.165) is 11.3 Å². The Morgan fingerprint density at radius 1 is 1.08 bits per heavy atom. The van der Waals surface area contributed by atoms with Crippen LogP contribution in [0.3, 0.4) is 0 Å². The first-order valence-electron chi connectivity index (χ1n) is 8.75. The van der Waals surface area contributed by atoms with E-state index < -0.39 is 5.91 Å². The Hall–Kier alpha value is -1.85. The van der Waals surface area contributed by atoms with Crippen molar-refractivity contribution in [1.82, 2.24) is 4.90 Å². The zero-order valence-electron chi connectivity index (χ0n) is 13.7. The highest BCUT2D eigenvalue weighted by Gasteiger charge is 2.67. The normalized spacial score (nSPS) is 36.2. The van der Waals surface area contributed by atoms with E-state index in [4.69, 9.17) is 23.2 Å². The van der Waals surface area contributed by atoms with Crippen LogP contribution in [0.2, 0.25) is 10.0 Å². The van der Waals surface area contributed by atoms with E-state index >= 15 is 0 Å². The lowest BCUT2D eigenvalue weighted by Gasteiger charge is -2.37. The van der Waals surface area contributed by atoms with Crippen LogP contribution < -0.4 is 5.32 Å². The van der Waals surface area contributed by atoms with Gasteiger partial charge in [-0.2, -0.15) is 0 Å². The molecule has 3 amide bonds. The molecule has 2 saturated carbocycles. The Balaban J connectivity index is 1.34. The number of nitrogens with one attached hydrogen (secondary N) is 1. The van der Waals surface area contributed by atoms with E-state index in [0.29, 0.717) is 22.5 Å². The Labute approximate surface area is 160 Å². The highest BCUT2D eigenvalue weighted by atomic mass is 35.5. The van der Waals surface area contributed by atoms with Crippen LogP contribution in [0.25, 0.3) is 0 Å². The van der Waals surface area contributed by atoms with Crippen molar-refractivity contribution in [3.8, 4) is 0 Å². The maximum atomic E-state index is 12.9. The summed E-state index contributed by atoms with van der Waals surface area (Å²) < 4.78 is 0. The molecule has 2 bridgehead atoms. The third-order valence-electron chi connectivity index (χ3n) is 6.28. The molecule has 0 aromatic heterocycles. The molecule has 1 aromatic rings. The predicted octanol–water partition coefficient (Wildman–Crippen LogP) is 2.99. The van der Waals surface area contributed by atoms with Crippen LogP contribution in [0.1, 0.15) is 6.42 Å². The fourth-order valence-corrected chi connectivity index (χ4v) is 5.46. The minimum absolute atomic E-state index is 0.155. The molecule has 26 heavy (non-hydrogen) atoms. The van der Waals surface area contributed by atoms with Gasteiger partial charge in [0.2, 0.25) is 17.7 Å². The molecule has 0 unspecified atom stereocenters. The molecule has 7 heteroatoms. The van der Waals surface area contributed by atoms with E-state index in [9.17, 15) is 14.4 Å². The molecule has 6 rings (SSSR count). The second-order valence-corrected chi connectivity index (χ2v) is 8.35. The van der Waals surface area contributed by atoms with Crippen LogP contribution in [-0.4, -0.2) is 29.2 Å². The number of hydrogen-bond acceptors (Lipinski definition) is 3. The molecular weight excluding hydrogens is 375 g/mol. The van der Waals surface area contributed by atoms with Gasteiger partial charge in [-0.15, -0.1) is 0 Å². The fourth-order valence-electron chi connectivity index (χ4n) is 5.11. The van der Waals surface area contributed by atoms with Gasteiger partial charge in [0.25, 0.3) is 0 Å². The van der Waals surface area contributed by atoms with Gasteiger partial charge in [-0.3, -0.25) is 19.3 Å². The molecule has 1 saturated heterocycles. The number of carbonyl (C=O) groups excluding carboxylic acids is 3. The molecule has 6 atom stereocenters. The van der Waals surface area contributed by atoms with Gasteiger partial charge in [0.1, 0.15) is 6.54 Å². The van der Waals surface area contributed by atoms with E-state index in [1.807, 2.05) is 0 Å². The van der Waals surface area contributed by atoms with Crippen molar-refractivity contribution in [2.75, 3.05) is 11.9 Å². The summed E-state index contributed by atoms with van der Waals surface area (Å²) in [5.74, 6) is -0.0606. The number of carbonyl (C=O) groups is 3. The monoisotopic (exact) mass is 390 g/mol. The lowest BCUT2D eigenvalue weighted by Crippen LogP contribution is -2.40. The van der Waals surface area contributed by atoms with Crippen molar-refractivity contribution in [2.24, 2.45) is 35.5 Å². The fraction of sp³-hybridized carbons (Fsp3) is 0.421. The number of likely N-dealkylation sites (tertiary alicyclic amines) is 1. The Morgan fingerprint density at radius 2 is 1.69 bits per heavy atom. The standard InChI is InChI=1S/C19H16Cl2N2O3/c20-12-2-1-3-13(17(12)21)22-14(24)7-23-18(25)15-8-4-5-9(11-6-10(8)11)16(15)19(23)26/h1-5,8-11,15-16H,6-7H2,(H,22,24)/t8-,9-,10-,11+,15-,16+/m0/s1. The molecule has 4 aliphatic carbocycles. The smallest absolute Gasteiger partial charge is 0.244 e. The van der Waals surface area contributed by atoms with Crippen molar-refractivity contribution < 1.29 is 14.4 Å². The Kier molecular flexibility index (Phi) is 3.50. The maximum absolute atomic E-state index is 12.9. The molecule has 0 radical (unpaired) electrons. The number of nitrogens with zero attached hydrogens (tertiary/aromatic N) is 1. The molecule has 0 spiro atoms. The number of anilines is 1. The third-order valence-corrected chi connectivity index (χ3v) is 7.10. The topological polar surface area (TPSA) is 66.5 Å². The number of halogens is 2. The Morgan fingerprint density at radius 3 is 2.31 bits per heavy atom. The average molecular weight is 391 g/mol. The molecule has 1 N–H and O–H groups in total. The molecule has 1 heterocycles. The molecule has 5 nitrogen and oxygen atoms in total. The van der Waals surface area contributed by atoms with Crippen LogP contribution in [-0.2, 0) is 14.4 Å². The highest BCUT2D eigenvalue weighted by Crippen LogP contribution is 2.65. The van der Waals surface area contributed by atoms with E-state index in [1.165, 1.54) is 0 Å². The first-order valence-corrected chi connectivity index (χ1v) is 9.50. The van der Waals surface area contributed by atoms with Crippen molar-refractivity contribution >= 4 is 46.6 Å². The number of allylic oxidation sites excluding steroid dienone is 2. The third kappa shape index (κ3) is 2.20. The van der Waals surface area contributed by atoms with Gasteiger partial charge in [0.05, 0.1) is 27.6 Å². The summed E-state index contributed by atoms with van der Waals surface area (Å²) in [5, 5.41) is 3.20. The summed E-state index contributed by atoms with van der Waals surface area (Å²) in [6.45, 7) is -0.289. The number of amides is 3. The summed E-state index contributed by atoms with van der Waals surface area (Å²) in [6, 6.07) is 4.91. The molecule has 134 valence electrons. The number of benzene rings is 1. The van der Waals surface area contributed by atoms with Crippen molar-refractivity contribution in [3.05, 3.63) is 40.4 Å². The molecule has 1 aromatic carbocycles. The molecule has 3 fully saturated rings. The SMILES string of the molecule is O=C(CN1C(=O)[C@@H]2[C@H]3C=C[C@@H]([C@@H]4C[C@H]34)[C@@H]2C1=O)Nc1cccc(Cl)c1Cl. The summed E-state index contributed by atoms with van der Waals surface area (Å²) in [5.41, 5.74) is 0.364. The highest BCUT2D eigenvalue weighted by molar-refractivity contribution is 6.44. The van der Waals surface area contributed by atoms with E-state index in [-0.39, 0.29) is 47.1 Å². The van der Waals surface area contributed by atoms with Gasteiger partial charge >= 0.3 is 0 Å². The zero-order chi connectivity index (χ0) is 18.2. The lowest BCUT2D eigenvalue weighted by molar-refractivity contribution is -0.142. The zero-order valence-corrected chi connectivity index (χ0v) is 15.2. The quantitative estimate of drug-likeness (QED) is 0.637. The number of rotatable bonds is 3. The summed E-state index contributed by atoms with van der Waals surface area (Å²) in [4.78, 5) is 39.2. The van der Waals surface area contributed by atoms with Gasteiger partial charge in [-0.05, 0) is 42.2 Å². The van der Waals surface area contributed by atoms with Crippen molar-refractivity contribution in [2.45, 2.75) is 6.42 Å². The van der Waals surface area contributed by atoms with E-state index in [1.54, 1.807) is 18.2 Å². The van der Waals surface area contributed by atoms with Crippen LogP contribution in [0.4, 0.5) is 5.69 Å². The summed E-state index contributed by atoms with van der Waals surface area (Å²) in [7, 11) is 0. The molecular formula is C19H16Cl2N2O3. The lowest BCUT2D eigenvalue weighted by atomic mass is 9.63. The first kappa shape index (κ1) is 16.3. The van der Waals surface area contributed by atoms with Crippen LogP contribution in [0.15, 0.2) is 30.4 Å². The molecule has 1 aliphatic heterocycles. The van der Waals surface area contributed by atoms with Gasteiger partial charge in [0.15, 0.2) is 0 Å². The van der Waals surface area contributed by atoms with E-state index in [2.05, 4.69) is 17.5 Å². The van der Waals surface area contributed by atoms with Gasteiger partial charge in [-0.1, -0.05) is 41.4 Å².